The van der Waals surface area contributed by atoms with Gasteiger partial charge in [-0.2, -0.15) is 0 Å². The van der Waals surface area contributed by atoms with E-state index in [1.165, 1.54) is 17.3 Å². The molecule has 0 radical (unpaired) electrons. The Morgan fingerprint density at radius 1 is 1.40 bits per heavy atom. The molecular formula is C12H15NOS. The molecule has 1 rings (SSSR count). The van der Waals surface area contributed by atoms with E-state index < -0.39 is 0 Å². The fourth-order valence-electron chi connectivity index (χ4n) is 1.16. The molecule has 0 aliphatic heterocycles. The Labute approximate surface area is 94.8 Å². The summed E-state index contributed by atoms with van der Waals surface area (Å²) in [6.07, 6.45) is 4.35. The Morgan fingerprint density at radius 3 is 2.80 bits per heavy atom. The average Bonchev–Trinajstić information content (AvgIpc) is 2.28. The first-order chi connectivity index (χ1) is 7.33. The van der Waals surface area contributed by atoms with Crippen LogP contribution in [0.4, 0.5) is 0 Å². The van der Waals surface area contributed by atoms with Gasteiger partial charge in [-0.25, -0.2) is 0 Å². The number of hydrogen-bond acceptors (Lipinski definition) is 2. The molecule has 15 heavy (non-hydrogen) atoms. The minimum absolute atomic E-state index is 0.0275. The molecular weight excluding hydrogens is 206 g/mol. The molecule has 0 unspecified atom stereocenters. The lowest BCUT2D eigenvalue weighted by Gasteiger charge is -2.01. The van der Waals surface area contributed by atoms with Crippen LogP contribution in [-0.4, -0.2) is 18.7 Å². The van der Waals surface area contributed by atoms with E-state index >= 15 is 0 Å². The Balaban J connectivity index is 2.22. The zero-order chi connectivity index (χ0) is 10.9. The minimum Gasteiger partial charge on any atom is -0.352 e. The Morgan fingerprint density at radius 2 is 2.13 bits per heavy atom. The van der Waals surface area contributed by atoms with Crippen molar-refractivity contribution in [1.29, 1.82) is 0 Å². The van der Waals surface area contributed by atoms with Crippen LogP contribution in [0.5, 0.6) is 0 Å². The summed E-state index contributed by atoms with van der Waals surface area (Å²) in [7, 11) is 0. The molecule has 0 saturated carbocycles. The molecule has 0 spiro atoms. The van der Waals surface area contributed by atoms with Crippen LogP contribution in [0, 0.1) is 0 Å². The largest absolute Gasteiger partial charge is 0.352 e. The van der Waals surface area contributed by atoms with Gasteiger partial charge in [0.25, 0.3) is 0 Å². The van der Waals surface area contributed by atoms with E-state index in [0.29, 0.717) is 6.54 Å². The molecule has 1 aromatic rings. The molecule has 0 atom stereocenters. The third-order valence-electron chi connectivity index (χ3n) is 1.91. The summed E-state index contributed by atoms with van der Waals surface area (Å²) >= 11 is 1.52. The average molecular weight is 221 g/mol. The molecule has 2 nitrogen and oxygen atoms in total. The smallest absolute Gasteiger partial charge is 0.244 e. The molecule has 1 N–H and O–H groups in total. The maximum absolute atomic E-state index is 11.2. The number of nitrogens with one attached hydrogen (secondary N) is 1. The van der Waals surface area contributed by atoms with Gasteiger partial charge >= 0.3 is 0 Å². The molecule has 1 aromatic carbocycles. The van der Waals surface area contributed by atoms with Gasteiger partial charge < -0.3 is 5.32 Å². The van der Waals surface area contributed by atoms with Crippen molar-refractivity contribution in [3.8, 4) is 0 Å². The highest BCUT2D eigenvalue weighted by atomic mass is 32.2. The third kappa shape index (κ3) is 5.27. The van der Waals surface area contributed by atoms with Crippen LogP contribution in [0.2, 0.25) is 0 Å². The van der Waals surface area contributed by atoms with Crippen LogP contribution in [0.15, 0.2) is 41.8 Å². The van der Waals surface area contributed by atoms with E-state index in [-0.39, 0.29) is 5.91 Å². The second-order valence-electron chi connectivity index (χ2n) is 3.07. The number of carbonyl (C=O) groups excluding carboxylic acids is 1. The summed E-state index contributed by atoms with van der Waals surface area (Å²) in [4.78, 5) is 11.2. The second kappa shape index (κ2) is 7.12. The lowest BCUT2D eigenvalue weighted by molar-refractivity contribution is -0.116. The highest BCUT2D eigenvalue weighted by Crippen LogP contribution is 1.98. The van der Waals surface area contributed by atoms with Gasteiger partial charge in [-0.05, 0) is 23.6 Å². The molecule has 0 fully saturated rings. The fraction of sp³-hybridized carbons (Fsp3) is 0.250. The Hall–Kier alpha value is -1.22. The van der Waals surface area contributed by atoms with Gasteiger partial charge in [-0.1, -0.05) is 30.3 Å². The van der Waals surface area contributed by atoms with Crippen molar-refractivity contribution in [2.24, 2.45) is 0 Å². The Bertz CT molecular complexity index is 322. The summed E-state index contributed by atoms with van der Waals surface area (Å²) in [5, 5.41) is 4.60. The minimum atomic E-state index is -0.0275. The summed E-state index contributed by atoms with van der Waals surface area (Å²) in [6, 6.07) is 10.1. The van der Waals surface area contributed by atoms with Crippen molar-refractivity contribution in [1.82, 2.24) is 5.32 Å². The number of hydrogen-bond donors (Lipinski definition) is 1. The van der Waals surface area contributed by atoms with Crippen molar-refractivity contribution in [3.05, 3.63) is 47.4 Å². The van der Waals surface area contributed by atoms with E-state index in [2.05, 4.69) is 17.4 Å². The zero-order valence-electron chi connectivity index (χ0n) is 8.77. The third-order valence-corrected chi connectivity index (χ3v) is 2.32. The number of amides is 1. The van der Waals surface area contributed by atoms with Crippen LogP contribution in [0.1, 0.15) is 5.56 Å². The topological polar surface area (TPSA) is 29.1 Å². The first-order valence-corrected chi connectivity index (χ1v) is 6.13. The molecule has 0 aliphatic carbocycles. The van der Waals surface area contributed by atoms with E-state index in [0.717, 1.165) is 6.42 Å². The van der Waals surface area contributed by atoms with Crippen molar-refractivity contribution < 1.29 is 4.79 Å². The summed E-state index contributed by atoms with van der Waals surface area (Å²) in [5.41, 5.74) is 1.24. The molecule has 0 bridgehead atoms. The number of carbonyl (C=O) groups is 1. The van der Waals surface area contributed by atoms with Crippen molar-refractivity contribution in [3.63, 3.8) is 0 Å². The zero-order valence-corrected chi connectivity index (χ0v) is 9.59. The van der Waals surface area contributed by atoms with Gasteiger partial charge in [0.05, 0.1) is 0 Å². The second-order valence-corrected chi connectivity index (χ2v) is 3.81. The number of benzene rings is 1. The van der Waals surface area contributed by atoms with Gasteiger partial charge in [0.15, 0.2) is 0 Å². The van der Waals surface area contributed by atoms with E-state index in [1.807, 2.05) is 24.5 Å². The molecule has 0 aliphatic rings. The quantitative estimate of drug-likeness (QED) is 0.772. The normalized spacial score (nSPS) is 10.5. The summed E-state index contributed by atoms with van der Waals surface area (Å²) < 4.78 is 0. The number of rotatable bonds is 5. The number of thioether (sulfide) groups is 1. The van der Waals surface area contributed by atoms with Gasteiger partial charge in [0.2, 0.25) is 5.91 Å². The van der Waals surface area contributed by atoms with Crippen LogP contribution in [-0.2, 0) is 11.2 Å². The summed E-state index contributed by atoms with van der Waals surface area (Å²) in [5.74, 6) is -0.0275. The van der Waals surface area contributed by atoms with Crippen LogP contribution < -0.4 is 5.32 Å². The highest BCUT2D eigenvalue weighted by molar-refractivity contribution is 8.01. The molecule has 1 amide bonds. The van der Waals surface area contributed by atoms with Crippen LogP contribution in [0.3, 0.4) is 0 Å². The molecule has 0 saturated heterocycles. The van der Waals surface area contributed by atoms with Crippen molar-refractivity contribution in [2.45, 2.75) is 6.42 Å². The molecule has 80 valence electrons. The Kier molecular flexibility index (Phi) is 5.63. The molecule has 3 heteroatoms. The van der Waals surface area contributed by atoms with Gasteiger partial charge in [0.1, 0.15) is 0 Å². The van der Waals surface area contributed by atoms with E-state index in [9.17, 15) is 4.79 Å². The van der Waals surface area contributed by atoms with Gasteiger partial charge in [0, 0.05) is 12.6 Å². The predicted molar refractivity (Wildman–Crippen MR) is 65.8 cm³/mol. The van der Waals surface area contributed by atoms with Crippen molar-refractivity contribution in [2.75, 3.05) is 12.8 Å². The molecule has 0 aromatic heterocycles. The van der Waals surface area contributed by atoms with Gasteiger partial charge in [-0.15, -0.1) is 11.8 Å². The fourth-order valence-corrected chi connectivity index (χ4v) is 1.42. The first-order valence-electron chi connectivity index (χ1n) is 4.84. The summed E-state index contributed by atoms with van der Waals surface area (Å²) in [6.45, 7) is 0.682. The maximum atomic E-state index is 11.2. The monoisotopic (exact) mass is 221 g/mol. The van der Waals surface area contributed by atoms with Gasteiger partial charge in [-0.3, -0.25) is 4.79 Å². The highest BCUT2D eigenvalue weighted by Gasteiger charge is 1.94. The standard InChI is InChI=1S/C12H15NOS/c1-15-10-8-12(14)13-9-7-11-5-3-2-4-6-11/h2-6,8,10H,7,9H2,1H3,(H,13,14)/b10-8+. The van der Waals surface area contributed by atoms with E-state index in [4.69, 9.17) is 0 Å². The maximum Gasteiger partial charge on any atom is 0.244 e. The van der Waals surface area contributed by atoms with Crippen molar-refractivity contribution >= 4 is 17.7 Å². The lowest BCUT2D eigenvalue weighted by atomic mass is 10.1. The SMILES string of the molecule is CS/C=C/C(=O)NCCc1ccccc1. The van der Waals surface area contributed by atoms with E-state index in [1.54, 1.807) is 11.5 Å². The first kappa shape index (κ1) is 11.9. The molecule has 0 heterocycles. The van der Waals surface area contributed by atoms with Crippen LogP contribution in [0.25, 0.3) is 0 Å². The predicted octanol–water partition coefficient (Wildman–Crippen LogP) is 2.22. The lowest BCUT2D eigenvalue weighted by Crippen LogP contribution is -2.23. The van der Waals surface area contributed by atoms with Crippen LogP contribution >= 0.6 is 11.8 Å².